The number of thioether (sulfide) groups is 1. The average Bonchev–Trinajstić information content (AvgIpc) is 2.85. The zero-order valence-electron chi connectivity index (χ0n) is 13.2. The predicted molar refractivity (Wildman–Crippen MR) is 101 cm³/mol. The molecule has 1 aliphatic rings. The van der Waals surface area contributed by atoms with Crippen LogP contribution in [0.5, 0.6) is 0 Å². The smallest absolute Gasteiger partial charge is 0.194 e. The van der Waals surface area contributed by atoms with Crippen molar-refractivity contribution >= 4 is 41.7 Å². The fourth-order valence-corrected chi connectivity index (χ4v) is 3.65. The highest BCUT2D eigenvalue weighted by Crippen LogP contribution is 2.24. The standard InChI is InChI=1S/C14H25N5S.HI/c1-11(2)13-10-19(7-8-20-13)14(15-3)16-9-12-5-6-17-18(12)4;/h5-6,11,13H,7-10H2,1-4H3,(H,15,16);1H. The normalized spacial score (nSPS) is 19.6. The van der Waals surface area contributed by atoms with Crippen LogP contribution in [0.3, 0.4) is 0 Å². The maximum absolute atomic E-state index is 4.43. The van der Waals surface area contributed by atoms with Crippen LogP contribution in [-0.2, 0) is 13.6 Å². The number of aliphatic imine (C=N–C) groups is 1. The van der Waals surface area contributed by atoms with Gasteiger partial charge in [-0.05, 0) is 12.0 Å². The van der Waals surface area contributed by atoms with E-state index in [1.807, 2.05) is 31.0 Å². The summed E-state index contributed by atoms with van der Waals surface area (Å²) in [7, 11) is 3.82. The summed E-state index contributed by atoms with van der Waals surface area (Å²) in [5.74, 6) is 2.88. The topological polar surface area (TPSA) is 45.5 Å². The lowest BCUT2D eigenvalue weighted by molar-refractivity contribution is 0.380. The lowest BCUT2D eigenvalue weighted by atomic mass is 10.1. The van der Waals surface area contributed by atoms with Gasteiger partial charge in [0.05, 0.1) is 12.2 Å². The second-order valence-electron chi connectivity index (χ2n) is 5.45. The van der Waals surface area contributed by atoms with E-state index < -0.39 is 0 Å². The van der Waals surface area contributed by atoms with Gasteiger partial charge in [0.15, 0.2) is 5.96 Å². The minimum atomic E-state index is 0. The Labute approximate surface area is 149 Å². The van der Waals surface area contributed by atoms with E-state index in [2.05, 4.69) is 45.9 Å². The molecular formula is C14H26IN5S. The number of rotatable bonds is 3. The molecule has 1 aromatic rings. The van der Waals surface area contributed by atoms with E-state index in [1.165, 1.54) is 5.75 Å². The zero-order chi connectivity index (χ0) is 14.5. The maximum Gasteiger partial charge on any atom is 0.194 e. The molecule has 0 aromatic carbocycles. The van der Waals surface area contributed by atoms with Gasteiger partial charge in [-0.2, -0.15) is 16.9 Å². The highest BCUT2D eigenvalue weighted by molar-refractivity contribution is 14.0. The molecule has 0 bridgehead atoms. The molecule has 7 heteroatoms. The van der Waals surface area contributed by atoms with Crippen molar-refractivity contribution in [2.75, 3.05) is 25.9 Å². The second kappa shape index (κ2) is 8.87. The van der Waals surface area contributed by atoms with Gasteiger partial charge in [-0.25, -0.2) is 0 Å². The molecule has 0 amide bonds. The summed E-state index contributed by atoms with van der Waals surface area (Å²) in [4.78, 5) is 6.80. The minimum absolute atomic E-state index is 0. The Hall–Kier alpha value is -0.440. The van der Waals surface area contributed by atoms with Gasteiger partial charge in [0.2, 0.25) is 0 Å². The van der Waals surface area contributed by atoms with Crippen LogP contribution < -0.4 is 5.32 Å². The van der Waals surface area contributed by atoms with Gasteiger partial charge in [0.25, 0.3) is 0 Å². The van der Waals surface area contributed by atoms with Gasteiger partial charge in [-0.15, -0.1) is 24.0 Å². The fraction of sp³-hybridized carbons (Fsp3) is 0.714. The molecule has 0 radical (unpaired) electrons. The second-order valence-corrected chi connectivity index (χ2v) is 6.79. The van der Waals surface area contributed by atoms with Gasteiger partial charge in [0.1, 0.15) is 0 Å². The summed E-state index contributed by atoms with van der Waals surface area (Å²) in [6.45, 7) is 7.51. The molecule has 1 aromatic heterocycles. The Bertz CT molecular complexity index is 460. The van der Waals surface area contributed by atoms with Crippen LogP contribution in [0, 0.1) is 5.92 Å². The van der Waals surface area contributed by atoms with E-state index in [9.17, 15) is 0 Å². The van der Waals surface area contributed by atoms with Gasteiger partial charge in [0, 0.05) is 44.4 Å². The lowest BCUT2D eigenvalue weighted by Crippen LogP contribution is -2.48. The Morgan fingerprint density at radius 3 is 2.90 bits per heavy atom. The number of nitrogens with one attached hydrogen (secondary N) is 1. The third-order valence-corrected chi connectivity index (χ3v) is 5.24. The number of guanidine groups is 1. The van der Waals surface area contributed by atoms with E-state index in [-0.39, 0.29) is 24.0 Å². The number of hydrogen-bond donors (Lipinski definition) is 1. The Kier molecular flexibility index (Phi) is 7.86. The minimum Gasteiger partial charge on any atom is -0.351 e. The fourth-order valence-electron chi connectivity index (χ4n) is 2.35. The average molecular weight is 423 g/mol. The first-order chi connectivity index (χ1) is 9.61. The van der Waals surface area contributed by atoms with Gasteiger partial charge in [-0.3, -0.25) is 9.67 Å². The first-order valence-electron chi connectivity index (χ1n) is 7.16. The lowest BCUT2D eigenvalue weighted by Gasteiger charge is -2.36. The van der Waals surface area contributed by atoms with Crippen molar-refractivity contribution in [3.8, 4) is 0 Å². The highest BCUT2D eigenvalue weighted by atomic mass is 127. The van der Waals surface area contributed by atoms with Crippen LogP contribution in [0.2, 0.25) is 0 Å². The van der Waals surface area contributed by atoms with Gasteiger partial charge >= 0.3 is 0 Å². The molecule has 1 atom stereocenters. The molecular weight excluding hydrogens is 397 g/mol. The van der Waals surface area contributed by atoms with E-state index in [1.54, 1.807) is 0 Å². The Morgan fingerprint density at radius 2 is 2.33 bits per heavy atom. The summed E-state index contributed by atoms with van der Waals surface area (Å²) in [5, 5.41) is 8.33. The number of hydrogen-bond acceptors (Lipinski definition) is 3. The van der Waals surface area contributed by atoms with Crippen LogP contribution in [0.1, 0.15) is 19.5 Å². The highest BCUT2D eigenvalue weighted by Gasteiger charge is 2.24. The summed E-state index contributed by atoms with van der Waals surface area (Å²) in [5.41, 5.74) is 1.16. The molecule has 0 aliphatic carbocycles. The van der Waals surface area contributed by atoms with E-state index in [4.69, 9.17) is 0 Å². The molecule has 1 fully saturated rings. The third kappa shape index (κ3) is 5.05. The number of nitrogens with zero attached hydrogens (tertiary/aromatic N) is 4. The molecule has 0 spiro atoms. The van der Waals surface area contributed by atoms with Crippen molar-refractivity contribution in [2.24, 2.45) is 18.0 Å². The summed E-state index contributed by atoms with van der Waals surface area (Å²) in [6.07, 6.45) is 1.83. The van der Waals surface area contributed by atoms with Crippen LogP contribution >= 0.6 is 35.7 Å². The molecule has 2 heterocycles. The number of halogens is 1. The first-order valence-corrected chi connectivity index (χ1v) is 8.20. The summed E-state index contributed by atoms with van der Waals surface area (Å²) < 4.78 is 1.89. The predicted octanol–water partition coefficient (Wildman–Crippen LogP) is 2.19. The van der Waals surface area contributed by atoms with Crippen molar-refractivity contribution in [2.45, 2.75) is 25.6 Å². The van der Waals surface area contributed by atoms with Crippen molar-refractivity contribution < 1.29 is 0 Å². The quantitative estimate of drug-likeness (QED) is 0.460. The van der Waals surface area contributed by atoms with Crippen molar-refractivity contribution in [3.05, 3.63) is 18.0 Å². The molecule has 1 saturated heterocycles. The zero-order valence-corrected chi connectivity index (χ0v) is 16.4. The van der Waals surface area contributed by atoms with Crippen molar-refractivity contribution in [1.82, 2.24) is 20.0 Å². The van der Waals surface area contributed by atoms with Crippen LogP contribution in [-0.4, -0.2) is 51.8 Å². The van der Waals surface area contributed by atoms with Gasteiger partial charge < -0.3 is 10.2 Å². The molecule has 1 aliphatic heterocycles. The van der Waals surface area contributed by atoms with Crippen molar-refractivity contribution in [1.29, 1.82) is 0 Å². The van der Waals surface area contributed by atoms with Gasteiger partial charge in [-0.1, -0.05) is 13.8 Å². The summed E-state index contributed by atoms with van der Waals surface area (Å²) >= 11 is 2.08. The molecule has 5 nitrogen and oxygen atoms in total. The van der Waals surface area contributed by atoms with E-state index >= 15 is 0 Å². The third-order valence-electron chi connectivity index (χ3n) is 3.70. The number of aromatic nitrogens is 2. The maximum atomic E-state index is 4.43. The van der Waals surface area contributed by atoms with Crippen LogP contribution in [0.4, 0.5) is 0 Å². The SMILES string of the molecule is CN=C(NCc1ccnn1C)N1CCSC(C(C)C)C1.I. The molecule has 0 saturated carbocycles. The van der Waals surface area contributed by atoms with Crippen LogP contribution in [0.25, 0.3) is 0 Å². The summed E-state index contributed by atoms with van der Waals surface area (Å²) in [6, 6.07) is 2.03. The monoisotopic (exact) mass is 423 g/mol. The molecule has 1 unspecified atom stereocenters. The molecule has 21 heavy (non-hydrogen) atoms. The van der Waals surface area contributed by atoms with Crippen molar-refractivity contribution in [3.63, 3.8) is 0 Å². The largest absolute Gasteiger partial charge is 0.351 e. The first kappa shape index (κ1) is 18.6. The number of aryl methyl sites for hydroxylation is 1. The molecule has 120 valence electrons. The van der Waals surface area contributed by atoms with Crippen LogP contribution in [0.15, 0.2) is 17.3 Å². The Balaban J connectivity index is 0.00000220. The molecule has 1 N–H and O–H groups in total. The molecule has 2 rings (SSSR count). The Morgan fingerprint density at radius 1 is 1.57 bits per heavy atom. The van der Waals surface area contributed by atoms with E-state index in [0.29, 0.717) is 11.2 Å². The van der Waals surface area contributed by atoms with E-state index in [0.717, 1.165) is 31.3 Å².